The van der Waals surface area contributed by atoms with E-state index in [-0.39, 0.29) is 35.8 Å². The summed E-state index contributed by atoms with van der Waals surface area (Å²) in [4.78, 5) is 45.3. The zero-order chi connectivity index (χ0) is 26.9. The third-order valence-corrected chi connectivity index (χ3v) is 7.79. The second kappa shape index (κ2) is 8.48. The number of amides is 1. The van der Waals surface area contributed by atoms with Crippen LogP contribution in [-0.2, 0) is 24.5 Å². The van der Waals surface area contributed by atoms with Gasteiger partial charge in [0, 0.05) is 36.0 Å². The van der Waals surface area contributed by atoms with Gasteiger partial charge >= 0.3 is 5.97 Å². The number of carbonyl (C=O) groups is 3. The zero-order valence-electron chi connectivity index (χ0n) is 21.6. The predicted molar refractivity (Wildman–Crippen MR) is 143 cm³/mol. The normalized spacial score (nSPS) is 22.5. The first-order valence-corrected chi connectivity index (χ1v) is 12.7. The molecule has 2 aromatic carbocycles. The molecule has 0 bridgehead atoms. The summed E-state index contributed by atoms with van der Waals surface area (Å²) in [5.74, 6) is -1.31. The topological polar surface area (TPSA) is 92.9 Å². The Kier molecular flexibility index (Phi) is 5.75. The van der Waals surface area contributed by atoms with E-state index in [1.54, 1.807) is 37.1 Å². The minimum atomic E-state index is -1.71. The number of allylic oxidation sites excluding steroid dienone is 1. The quantitative estimate of drug-likeness (QED) is 0.588. The molecular weight excluding hydrogens is 490 g/mol. The minimum absolute atomic E-state index is 0.0342. The van der Waals surface area contributed by atoms with Gasteiger partial charge in [0.1, 0.15) is 16.8 Å². The largest absolute Gasteiger partial charge is 0.462 e. The van der Waals surface area contributed by atoms with Crippen LogP contribution < -0.4 is 15.5 Å². The number of ketones is 1. The molecular formula is C29H30ClN3O4. The van der Waals surface area contributed by atoms with E-state index in [0.29, 0.717) is 34.1 Å². The summed E-state index contributed by atoms with van der Waals surface area (Å²) in [7, 11) is 1.65. The molecule has 1 atom stereocenters. The van der Waals surface area contributed by atoms with Crippen molar-refractivity contribution >= 4 is 40.6 Å². The molecule has 2 aliphatic heterocycles. The number of hydrogen-bond acceptors (Lipinski definition) is 6. The number of nitrogens with zero attached hydrogens (tertiary/aromatic N) is 2. The van der Waals surface area contributed by atoms with E-state index in [1.165, 1.54) is 4.90 Å². The van der Waals surface area contributed by atoms with Gasteiger partial charge in [0.15, 0.2) is 5.78 Å². The van der Waals surface area contributed by atoms with Gasteiger partial charge in [0.05, 0.1) is 17.3 Å². The van der Waals surface area contributed by atoms with E-state index in [4.69, 9.17) is 22.1 Å². The summed E-state index contributed by atoms with van der Waals surface area (Å²) in [6, 6.07) is 12.7. The van der Waals surface area contributed by atoms with Crippen molar-refractivity contribution in [3.05, 3.63) is 81.3 Å². The minimum Gasteiger partial charge on any atom is -0.462 e. The van der Waals surface area contributed by atoms with Gasteiger partial charge in [0.25, 0.3) is 0 Å². The summed E-state index contributed by atoms with van der Waals surface area (Å²) < 4.78 is 5.49. The predicted octanol–water partition coefficient (Wildman–Crippen LogP) is 4.76. The fourth-order valence-corrected chi connectivity index (χ4v) is 6.37. The van der Waals surface area contributed by atoms with Gasteiger partial charge in [-0.1, -0.05) is 49.7 Å². The highest BCUT2D eigenvalue weighted by Crippen LogP contribution is 2.58. The molecule has 37 heavy (non-hydrogen) atoms. The number of halogens is 1. The van der Waals surface area contributed by atoms with Crippen molar-refractivity contribution in [2.45, 2.75) is 46.0 Å². The van der Waals surface area contributed by atoms with E-state index < -0.39 is 22.7 Å². The Morgan fingerprint density at radius 1 is 1.11 bits per heavy atom. The molecule has 2 aromatic rings. The maximum atomic E-state index is 14.3. The van der Waals surface area contributed by atoms with Crippen molar-refractivity contribution in [3.8, 4) is 0 Å². The molecule has 192 valence electrons. The number of esters is 1. The number of ether oxygens (including phenoxy) is 1. The van der Waals surface area contributed by atoms with Gasteiger partial charge in [-0.15, -0.1) is 0 Å². The molecule has 0 fully saturated rings. The van der Waals surface area contributed by atoms with Crippen molar-refractivity contribution < 1.29 is 19.1 Å². The summed E-state index contributed by atoms with van der Waals surface area (Å²) in [6.07, 6.45) is 0.675. The Bertz CT molecular complexity index is 1440. The lowest BCUT2D eigenvalue weighted by molar-refractivity contribution is -0.140. The van der Waals surface area contributed by atoms with Crippen LogP contribution in [0.25, 0.3) is 0 Å². The Balaban J connectivity index is 1.95. The number of benzene rings is 2. The first kappa shape index (κ1) is 25.1. The van der Waals surface area contributed by atoms with Crippen molar-refractivity contribution in [1.29, 1.82) is 0 Å². The maximum absolute atomic E-state index is 14.3. The summed E-state index contributed by atoms with van der Waals surface area (Å²) in [5.41, 5.74) is 8.21. The molecule has 7 nitrogen and oxygen atoms in total. The molecule has 1 aliphatic carbocycles. The smallest absolute Gasteiger partial charge is 0.339 e. The van der Waals surface area contributed by atoms with Crippen molar-refractivity contribution in [2.75, 3.05) is 23.5 Å². The van der Waals surface area contributed by atoms with E-state index >= 15 is 0 Å². The number of fused-ring (bicyclic) bond motifs is 3. The lowest BCUT2D eigenvalue weighted by Crippen LogP contribution is -2.55. The lowest BCUT2D eigenvalue weighted by Gasteiger charge is -2.47. The standard InChI is InChI=1S/C29H30ClN3O4/c1-6-37-26(35)24-25(31)33(20-12-11-16(2)13-18(20)30)21-14-28(3,4)15-22(34)23(21)29(24)17-9-7-8-10-19(17)32(5)27(29)36/h7-13H,6,14-15,31H2,1-5H3. The number of rotatable bonds is 3. The van der Waals surface area contributed by atoms with Crippen LogP contribution in [0.4, 0.5) is 11.4 Å². The average Bonchev–Trinajstić information content (AvgIpc) is 3.02. The molecule has 8 heteroatoms. The highest BCUT2D eigenvalue weighted by atomic mass is 35.5. The van der Waals surface area contributed by atoms with Gasteiger partial charge in [0.2, 0.25) is 5.91 Å². The second-order valence-corrected chi connectivity index (χ2v) is 11.1. The van der Waals surface area contributed by atoms with Crippen LogP contribution in [0.2, 0.25) is 5.02 Å². The van der Waals surface area contributed by atoms with Crippen molar-refractivity contribution in [2.24, 2.45) is 11.1 Å². The Labute approximate surface area is 221 Å². The molecule has 1 unspecified atom stereocenters. The Morgan fingerprint density at radius 3 is 2.49 bits per heavy atom. The number of aryl methyl sites for hydroxylation is 1. The van der Waals surface area contributed by atoms with Crippen molar-refractivity contribution in [1.82, 2.24) is 0 Å². The molecule has 0 radical (unpaired) electrons. The van der Waals surface area contributed by atoms with Crippen LogP contribution in [0.5, 0.6) is 0 Å². The molecule has 1 spiro atoms. The maximum Gasteiger partial charge on any atom is 0.339 e. The number of Topliss-reactive ketones (excluding diaryl/α,β-unsaturated/α-hetero) is 1. The zero-order valence-corrected chi connectivity index (χ0v) is 22.4. The number of hydrogen-bond donors (Lipinski definition) is 1. The highest BCUT2D eigenvalue weighted by molar-refractivity contribution is 6.33. The lowest BCUT2D eigenvalue weighted by atomic mass is 9.60. The molecule has 1 amide bonds. The molecule has 5 rings (SSSR count). The average molecular weight is 520 g/mol. The summed E-state index contributed by atoms with van der Waals surface area (Å²) in [6.45, 7) is 7.71. The van der Waals surface area contributed by atoms with Gasteiger partial charge in [-0.3, -0.25) is 14.5 Å². The summed E-state index contributed by atoms with van der Waals surface area (Å²) >= 11 is 6.72. The number of carbonyl (C=O) groups excluding carboxylic acids is 3. The molecule has 2 heterocycles. The number of nitrogens with two attached hydrogens (primary N) is 1. The van der Waals surface area contributed by atoms with Crippen LogP contribution in [0.3, 0.4) is 0 Å². The van der Waals surface area contributed by atoms with Crippen LogP contribution >= 0.6 is 11.6 Å². The highest BCUT2D eigenvalue weighted by Gasteiger charge is 2.64. The van der Waals surface area contributed by atoms with Crippen LogP contribution in [0.1, 0.15) is 44.7 Å². The molecule has 0 saturated carbocycles. The monoisotopic (exact) mass is 519 g/mol. The number of anilines is 2. The fourth-order valence-electron chi connectivity index (χ4n) is 6.05. The molecule has 0 saturated heterocycles. The Morgan fingerprint density at radius 2 is 1.81 bits per heavy atom. The van der Waals surface area contributed by atoms with Crippen LogP contribution in [0.15, 0.2) is 65.1 Å². The third-order valence-electron chi connectivity index (χ3n) is 7.49. The van der Waals surface area contributed by atoms with Gasteiger partial charge < -0.3 is 15.4 Å². The molecule has 2 N–H and O–H groups in total. The molecule has 0 aromatic heterocycles. The van der Waals surface area contributed by atoms with Crippen LogP contribution in [0, 0.1) is 12.3 Å². The SMILES string of the molecule is CCOC(=O)C1=C(N)N(c2ccc(C)cc2Cl)C2=C(C(=O)CC(C)(C)C2)C12C(=O)N(C)c1ccccc12. The molecule has 3 aliphatic rings. The Hall–Kier alpha value is -3.58. The van der Waals surface area contributed by atoms with E-state index in [1.807, 2.05) is 45.0 Å². The fraction of sp³-hybridized carbons (Fsp3) is 0.345. The third kappa shape index (κ3) is 3.44. The first-order chi connectivity index (χ1) is 17.5. The number of likely N-dealkylation sites (N-methyl/N-ethyl adjacent to an activating group) is 1. The van der Waals surface area contributed by atoms with Gasteiger partial charge in [-0.25, -0.2) is 4.79 Å². The van der Waals surface area contributed by atoms with Crippen molar-refractivity contribution in [3.63, 3.8) is 0 Å². The van der Waals surface area contributed by atoms with E-state index in [9.17, 15) is 14.4 Å². The first-order valence-electron chi connectivity index (χ1n) is 12.3. The van der Waals surface area contributed by atoms with E-state index in [0.717, 1.165) is 5.56 Å². The number of para-hydroxylation sites is 1. The summed E-state index contributed by atoms with van der Waals surface area (Å²) in [5, 5.41) is 0.417. The van der Waals surface area contributed by atoms with E-state index in [2.05, 4.69) is 0 Å². The van der Waals surface area contributed by atoms with Gasteiger partial charge in [-0.05, 0) is 49.4 Å². The van der Waals surface area contributed by atoms with Gasteiger partial charge in [-0.2, -0.15) is 0 Å². The second-order valence-electron chi connectivity index (χ2n) is 10.7. The van der Waals surface area contributed by atoms with Crippen LogP contribution in [-0.4, -0.2) is 31.3 Å².